The number of aromatic nitrogens is 2. The molecule has 140 valence electrons. The van der Waals surface area contributed by atoms with E-state index < -0.39 is 0 Å². The van der Waals surface area contributed by atoms with Crippen molar-refractivity contribution in [1.82, 2.24) is 14.9 Å². The molecule has 0 aliphatic carbocycles. The van der Waals surface area contributed by atoms with Gasteiger partial charge >= 0.3 is 0 Å². The minimum atomic E-state index is 0.0635. The third-order valence-electron chi connectivity index (χ3n) is 5.46. The molecule has 3 aromatic rings. The number of fused-ring (bicyclic) bond motifs is 1. The van der Waals surface area contributed by atoms with Crippen LogP contribution in [0.3, 0.4) is 0 Å². The van der Waals surface area contributed by atoms with E-state index in [0.717, 1.165) is 43.7 Å². The number of hydrogen-bond donors (Lipinski definition) is 1. The highest BCUT2D eigenvalue weighted by molar-refractivity contribution is 5.80. The summed E-state index contributed by atoms with van der Waals surface area (Å²) in [5.41, 5.74) is 3.52. The number of aryl methyl sites for hydroxylation is 1. The van der Waals surface area contributed by atoms with E-state index in [1.54, 1.807) is 6.20 Å². The Hall–Kier alpha value is -2.82. The number of nitrogens with zero attached hydrogens (tertiary/aromatic N) is 2. The van der Waals surface area contributed by atoms with E-state index in [0.29, 0.717) is 5.92 Å². The molecule has 0 atom stereocenters. The van der Waals surface area contributed by atoms with E-state index >= 15 is 0 Å². The average Bonchev–Trinajstić information content (AvgIpc) is 3.16. The lowest BCUT2D eigenvalue weighted by atomic mass is 9.89. The van der Waals surface area contributed by atoms with Crippen LogP contribution in [0.25, 0.3) is 11.0 Å². The molecule has 5 nitrogen and oxygen atoms in total. The Labute approximate surface area is 159 Å². The molecule has 27 heavy (non-hydrogen) atoms. The van der Waals surface area contributed by atoms with Crippen molar-refractivity contribution in [2.45, 2.75) is 32.1 Å². The number of carbonyl (C=O) groups is 1. The van der Waals surface area contributed by atoms with E-state index in [4.69, 9.17) is 4.74 Å². The number of rotatable bonds is 5. The molecule has 2 aromatic heterocycles. The second kappa shape index (κ2) is 7.82. The summed E-state index contributed by atoms with van der Waals surface area (Å²) in [5, 5.41) is 1.20. The molecule has 3 heterocycles. The molecule has 1 N–H and O–H groups in total. The van der Waals surface area contributed by atoms with Crippen LogP contribution in [-0.4, -0.2) is 40.5 Å². The van der Waals surface area contributed by atoms with Gasteiger partial charge in [0.2, 0.25) is 0 Å². The first-order valence-electron chi connectivity index (χ1n) is 9.66. The fraction of sp³-hybridized carbons (Fsp3) is 0.364. The molecule has 1 fully saturated rings. The molecule has 1 saturated heterocycles. The summed E-state index contributed by atoms with van der Waals surface area (Å²) in [6.07, 6.45) is 6.82. The second-order valence-corrected chi connectivity index (χ2v) is 7.08. The van der Waals surface area contributed by atoms with Gasteiger partial charge in [0.05, 0.1) is 0 Å². The van der Waals surface area contributed by atoms with E-state index in [-0.39, 0.29) is 12.5 Å². The highest BCUT2D eigenvalue weighted by Crippen LogP contribution is 2.32. The monoisotopic (exact) mass is 363 g/mol. The summed E-state index contributed by atoms with van der Waals surface area (Å²) in [5.74, 6) is 1.28. The molecule has 0 spiro atoms. The Morgan fingerprint density at radius 1 is 1.22 bits per heavy atom. The molecule has 1 aromatic carbocycles. The summed E-state index contributed by atoms with van der Waals surface area (Å²) in [7, 11) is 0. The van der Waals surface area contributed by atoms with Crippen LogP contribution < -0.4 is 4.74 Å². The minimum absolute atomic E-state index is 0.0635. The third-order valence-corrected chi connectivity index (χ3v) is 5.46. The maximum atomic E-state index is 12.5. The number of carbonyl (C=O) groups excluding carboxylic acids is 1. The van der Waals surface area contributed by atoms with Gasteiger partial charge in [-0.05, 0) is 60.6 Å². The molecule has 5 heteroatoms. The van der Waals surface area contributed by atoms with Crippen LogP contribution in [0.1, 0.15) is 36.8 Å². The summed E-state index contributed by atoms with van der Waals surface area (Å²) in [6.45, 7) is 3.77. The van der Waals surface area contributed by atoms with Crippen molar-refractivity contribution in [2.75, 3.05) is 19.7 Å². The Morgan fingerprint density at radius 2 is 2.00 bits per heavy atom. The molecular formula is C22H25N3O2. The number of hydrogen-bond acceptors (Lipinski definition) is 3. The number of H-pyrrole nitrogens is 1. The summed E-state index contributed by atoms with van der Waals surface area (Å²) >= 11 is 0. The standard InChI is InChI=1S/C22H25N3O2/c1-2-16-5-7-18(8-6-16)27-15-21(26)25-12-9-17(10-13-25)20-14-24-22-19(20)4-3-11-23-22/h3-8,11,14,17H,2,9-10,12-13,15H2,1H3,(H,23,24). The predicted molar refractivity (Wildman–Crippen MR) is 106 cm³/mol. The quantitative estimate of drug-likeness (QED) is 0.748. The van der Waals surface area contributed by atoms with Gasteiger partial charge in [0.25, 0.3) is 5.91 Å². The number of aromatic amines is 1. The molecule has 0 radical (unpaired) electrons. The van der Waals surface area contributed by atoms with Crippen molar-refractivity contribution in [1.29, 1.82) is 0 Å². The number of likely N-dealkylation sites (tertiary alicyclic amines) is 1. The number of pyridine rings is 1. The van der Waals surface area contributed by atoms with Gasteiger partial charge in [-0.3, -0.25) is 4.79 Å². The van der Waals surface area contributed by atoms with E-state index in [2.05, 4.69) is 29.2 Å². The van der Waals surface area contributed by atoms with Gasteiger partial charge in [-0.15, -0.1) is 0 Å². The molecule has 0 bridgehead atoms. The van der Waals surface area contributed by atoms with Crippen LogP contribution >= 0.6 is 0 Å². The van der Waals surface area contributed by atoms with Gasteiger partial charge in [-0.1, -0.05) is 19.1 Å². The first-order valence-corrected chi connectivity index (χ1v) is 9.66. The Morgan fingerprint density at radius 3 is 2.74 bits per heavy atom. The molecule has 1 aliphatic rings. The lowest BCUT2D eigenvalue weighted by Crippen LogP contribution is -2.40. The Kier molecular flexibility index (Phi) is 5.10. The van der Waals surface area contributed by atoms with Gasteiger partial charge in [0.15, 0.2) is 6.61 Å². The smallest absolute Gasteiger partial charge is 0.260 e. The van der Waals surface area contributed by atoms with Gasteiger partial charge in [-0.2, -0.15) is 0 Å². The molecule has 0 saturated carbocycles. The van der Waals surface area contributed by atoms with Crippen molar-refractivity contribution in [3.8, 4) is 5.75 Å². The number of amides is 1. The van der Waals surface area contributed by atoms with Crippen molar-refractivity contribution < 1.29 is 9.53 Å². The van der Waals surface area contributed by atoms with Crippen molar-refractivity contribution >= 4 is 16.9 Å². The predicted octanol–water partition coefficient (Wildman–Crippen LogP) is 3.91. The largest absolute Gasteiger partial charge is 0.484 e. The fourth-order valence-corrected chi connectivity index (χ4v) is 3.81. The van der Waals surface area contributed by atoms with Crippen LogP contribution in [0.15, 0.2) is 48.8 Å². The minimum Gasteiger partial charge on any atom is -0.484 e. The third kappa shape index (κ3) is 3.82. The first-order chi connectivity index (χ1) is 13.2. The second-order valence-electron chi connectivity index (χ2n) is 7.08. The molecule has 1 amide bonds. The Bertz CT molecular complexity index is 909. The lowest BCUT2D eigenvalue weighted by molar-refractivity contribution is -0.134. The van der Waals surface area contributed by atoms with Crippen molar-refractivity contribution in [3.05, 3.63) is 59.9 Å². The zero-order valence-corrected chi connectivity index (χ0v) is 15.6. The van der Waals surface area contributed by atoms with Crippen LogP contribution in [0.4, 0.5) is 0 Å². The summed E-state index contributed by atoms with van der Waals surface area (Å²) < 4.78 is 5.67. The number of benzene rings is 1. The summed E-state index contributed by atoms with van der Waals surface area (Å²) in [4.78, 5) is 22.0. The van der Waals surface area contributed by atoms with Crippen LogP contribution in [-0.2, 0) is 11.2 Å². The first kappa shape index (κ1) is 17.6. The van der Waals surface area contributed by atoms with Crippen molar-refractivity contribution in [3.63, 3.8) is 0 Å². The van der Waals surface area contributed by atoms with Crippen LogP contribution in [0.5, 0.6) is 5.75 Å². The van der Waals surface area contributed by atoms with E-state index in [1.165, 1.54) is 16.5 Å². The number of piperidine rings is 1. The van der Waals surface area contributed by atoms with E-state index in [1.807, 2.05) is 35.2 Å². The van der Waals surface area contributed by atoms with Gasteiger partial charge in [0.1, 0.15) is 11.4 Å². The highest BCUT2D eigenvalue weighted by Gasteiger charge is 2.25. The fourth-order valence-electron chi connectivity index (χ4n) is 3.81. The molecule has 0 unspecified atom stereocenters. The van der Waals surface area contributed by atoms with Crippen LogP contribution in [0, 0.1) is 0 Å². The van der Waals surface area contributed by atoms with E-state index in [9.17, 15) is 4.79 Å². The molecule has 4 rings (SSSR count). The topological polar surface area (TPSA) is 58.2 Å². The average molecular weight is 363 g/mol. The maximum absolute atomic E-state index is 12.5. The highest BCUT2D eigenvalue weighted by atomic mass is 16.5. The Balaban J connectivity index is 1.31. The molecular weight excluding hydrogens is 338 g/mol. The normalized spacial score (nSPS) is 15.2. The van der Waals surface area contributed by atoms with Crippen molar-refractivity contribution in [2.24, 2.45) is 0 Å². The SMILES string of the molecule is CCc1ccc(OCC(=O)N2CCC(c3c[nH]c4ncccc34)CC2)cc1. The molecule has 1 aliphatic heterocycles. The lowest BCUT2D eigenvalue weighted by Gasteiger charge is -2.32. The van der Waals surface area contributed by atoms with Gasteiger partial charge in [-0.25, -0.2) is 4.98 Å². The zero-order chi connectivity index (χ0) is 18.6. The summed E-state index contributed by atoms with van der Waals surface area (Å²) in [6, 6.07) is 12.0. The van der Waals surface area contributed by atoms with Crippen LogP contribution in [0.2, 0.25) is 0 Å². The number of nitrogens with one attached hydrogen (secondary N) is 1. The number of ether oxygens (including phenoxy) is 1. The zero-order valence-electron chi connectivity index (χ0n) is 15.6. The van der Waals surface area contributed by atoms with Gasteiger partial charge in [0, 0.05) is 30.9 Å². The van der Waals surface area contributed by atoms with Gasteiger partial charge < -0.3 is 14.6 Å². The maximum Gasteiger partial charge on any atom is 0.260 e.